The van der Waals surface area contributed by atoms with Crippen LogP contribution in [0.15, 0.2) is 0 Å². The monoisotopic (exact) mass is 308 g/mol. The van der Waals surface area contributed by atoms with Gasteiger partial charge in [0.25, 0.3) is 0 Å². The highest BCUT2D eigenvalue weighted by Crippen LogP contribution is 2.54. The van der Waals surface area contributed by atoms with Gasteiger partial charge in [-0.3, -0.25) is 4.79 Å². The van der Waals surface area contributed by atoms with Gasteiger partial charge in [-0.05, 0) is 24.7 Å². The van der Waals surface area contributed by atoms with Gasteiger partial charge < -0.3 is 9.84 Å². The number of cyclic esters (lactones) is 1. The molecule has 0 spiro atoms. The first-order valence-corrected chi connectivity index (χ1v) is 6.43. The number of halogens is 1. The number of esters is 1. The van der Waals surface area contributed by atoms with Crippen LogP contribution in [-0.2, 0) is 9.53 Å². The van der Waals surface area contributed by atoms with Crippen LogP contribution in [0.2, 0.25) is 0 Å². The van der Waals surface area contributed by atoms with Gasteiger partial charge in [-0.15, -0.1) is 0 Å². The minimum absolute atomic E-state index is 0.00904. The van der Waals surface area contributed by atoms with E-state index in [0.29, 0.717) is 22.4 Å². The Morgan fingerprint density at radius 3 is 2.79 bits per heavy atom. The molecule has 3 nitrogen and oxygen atoms in total. The molecular weight excluding hydrogens is 295 g/mol. The Bertz CT molecular complexity index is 281. The predicted octanol–water partition coefficient (Wildman–Crippen LogP) is 0.980. The van der Waals surface area contributed by atoms with Gasteiger partial charge in [0.05, 0.1) is 18.6 Å². The van der Waals surface area contributed by atoms with Crippen LogP contribution < -0.4 is 0 Å². The molecule has 3 aliphatic carbocycles. The first-order chi connectivity index (χ1) is 6.70. The lowest BCUT2D eigenvalue weighted by Crippen LogP contribution is -2.54. The van der Waals surface area contributed by atoms with Crippen LogP contribution in [0.4, 0.5) is 0 Å². The standard InChI is InChI=1S/C10H13IO3/c11-8-4-1-2-5(9(8)12)7-6(4)3-14-10(7)13/h4-9,12H,1-3H2/t4-,5+,6-,7+,8-,9-/m0/s1. The summed E-state index contributed by atoms with van der Waals surface area (Å²) in [6.07, 6.45) is 1.87. The molecule has 14 heavy (non-hydrogen) atoms. The molecule has 0 radical (unpaired) electrons. The second kappa shape index (κ2) is 3.07. The average molecular weight is 308 g/mol. The maximum Gasteiger partial charge on any atom is 0.309 e. The molecule has 0 aromatic carbocycles. The Kier molecular flexibility index (Phi) is 2.06. The molecule has 4 aliphatic rings. The Morgan fingerprint density at radius 2 is 2.00 bits per heavy atom. The van der Waals surface area contributed by atoms with Crippen molar-refractivity contribution in [3.63, 3.8) is 0 Å². The lowest BCUT2D eigenvalue weighted by Gasteiger charge is -2.49. The van der Waals surface area contributed by atoms with Crippen LogP contribution in [0.1, 0.15) is 12.8 Å². The van der Waals surface area contributed by atoms with Crippen LogP contribution in [0, 0.1) is 23.7 Å². The van der Waals surface area contributed by atoms with Crippen LogP contribution in [0.25, 0.3) is 0 Å². The first kappa shape index (κ1) is 9.39. The maximum absolute atomic E-state index is 11.5. The summed E-state index contributed by atoms with van der Waals surface area (Å²) in [5.74, 6) is 1.00. The Balaban J connectivity index is 1.97. The molecule has 0 amide bonds. The Labute approximate surface area is 96.3 Å². The topological polar surface area (TPSA) is 46.5 Å². The molecule has 0 aromatic rings. The molecule has 4 heteroatoms. The summed E-state index contributed by atoms with van der Waals surface area (Å²) in [6.45, 7) is 0.594. The molecule has 0 aromatic heterocycles. The molecule has 1 aliphatic heterocycles. The van der Waals surface area contributed by atoms with Gasteiger partial charge in [-0.2, -0.15) is 0 Å². The minimum atomic E-state index is -0.291. The van der Waals surface area contributed by atoms with Crippen molar-refractivity contribution in [1.82, 2.24) is 0 Å². The van der Waals surface area contributed by atoms with E-state index in [1.165, 1.54) is 0 Å². The number of alkyl halides is 1. The number of aliphatic hydroxyl groups is 1. The number of hydrogen-bond donors (Lipinski definition) is 1. The van der Waals surface area contributed by atoms with Gasteiger partial charge in [0.15, 0.2) is 0 Å². The third-order valence-corrected chi connectivity index (χ3v) is 5.83. The molecule has 1 heterocycles. The Hall–Kier alpha value is 0.160. The minimum Gasteiger partial charge on any atom is -0.465 e. The summed E-state index contributed by atoms with van der Waals surface area (Å²) in [7, 11) is 0. The van der Waals surface area contributed by atoms with Gasteiger partial charge in [-0.1, -0.05) is 22.6 Å². The lowest BCUT2D eigenvalue weighted by atomic mass is 9.58. The zero-order valence-corrected chi connectivity index (χ0v) is 9.88. The van der Waals surface area contributed by atoms with E-state index in [2.05, 4.69) is 22.6 Å². The number of carbonyl (C=O) groups is 1. The van der Waals surface area contributed by atoms with E-state index in [0.717, 1.165) is 12.8 Å². The molecule has 4 fully saturated rings. The van der Waals surface area contributed by atoms with Crippen molar-refractivity contribution in [3.05, 3.63) is 0 Å². The summed E-state index contributed by atoms with van der Waals surface area (Å²) < 4.78 is 5.45. The van der Waals surface area contributed by atoms with Crippen molar-refractivity contribution < 1.29 is 14.6 Å². The van der Waals surface area contributed by atoms with Crippen molar-refractivity contribution in [2.45, 2.75) is 22.9 Å². The quantitative estimate of drug-likeness (QED) is 0.412. The molecule has 6 atom stereocenters. The molecular formula is C10H13IO3. The molecule has 0 unspecified atom stereocenters. The Morgan fingerprint density at radius 1 is 1.29 bits per heavy atom. The molecule has 78 valence electrons. The summed E-state index contributed by atoms with van der Waals surface area (Å²) in [4.78, 5) is 11.5. The number of fused-ring (bicyclic) bond motifs is 2. The highest BCUT2D eigenvalue weighted by atomic mass is 127. The third-order valence-electron chi connectivity index (χ3n) is 4.17. The zero-order valence-electron chi connectivity index (χ0n) is 7.73. The van der Waals surface area contributed by atoms with Gasteiger partial charge in [0.2, 0.25) is 0 Å². The van der Waals surface area contributed by atoms with Gasteiger partial charge in [0.1, 0.15) is 0 Å². The zero-order chi connectivity index (χ0) is 9.87. The van der Waals surface area contributed by atoms with Crippen molar-refractivity contribution in [1.29, 1.82) is 0 Å². The number of hydrogen-bond acceptors (Lipinski definition) is 3. The molecule has 1 saturated heterocycles. The third kappa shape index (κ3) is 1.04. The van der Waals surface area contributed by atoms with E-state index in [1.54, 1.807) is 0 Å². The van der Waals surface area contributed by atoms with Gasteiger partial charge in [-0.25, -0.2) is 0 Å². The molecule has 2 bridgehead atoms. The number of ether oxygens (including phenoxy) is 1. The van der Waals surface area contributed by atoms with E-state index < -0.39 is 0 Å². The van der Waals surface area contributed by atoms with E-state index in [4.69, 9.17) is 4.74 Å². The smallest absolute Gasteiger partial charge is 0.309 e. The van der Waals surface area contributed by atoms with E-state index in [-0.39, 0.29) is 23.9 Å². The van der Waals surface area contributed by atoms with E-state index in [1.807, 2.05) is 0 Å². The maximum atomic E-state index is 11.5. The molecule has 3 saturated carbocycles. The SMILES string of the molecule is O=C1OC[C@H]2[C@@H]3CC[C@@H]([C@H](O)[C@H]3I)[C@@H]12. The van der Waals surface area contributed by atoms with Crippen LogP contribution in [0.3, 0.4) is 0 Å². The summed E-state index contributed by atoms with van der Waals surface area (Å²) >= 11 is 2.34. The van der Waals surface area contributed by atoms with Gasteiger partial charge in [0, 0.05) is 9.84 Å². The lowest BCUT2D eigenvalue weighted by molar-refractivity contribution is -0.147. The predicted molar refractivity (Wildman–Crippen MR) is 58.0 cm³/mol. The highest BCUT2D eigenvalue weighted by Gasteiger charge is 2.58. The normalized spacial score (nSPS) is 55.7. The summed E-state index contributed by atoms with van der Waals surface area (Å²) in [5.41, 5.74) is 0. The van der Waals surface area contributed by atoms with E-state index in [9.17, 15) is 9.90 Å². The van der Waals surface area contributed by atoms with E-state index >= 15 is 0 Å². The fraction of sp³-hybridized carbons (Fsp3) is 0.900. The van der Waals surface area contributed by atoms with Crippen LogP contribution in [-0.4, -0.2) is 27.7 Å². The van der Waals surface area contributed by atoms with Crippen molar-refractivity contribution in [2.24, 2.45) is 23.7 Å². The van der Waals surface area contributed by atoms with Gasteiger partial charge >= 0.3 is 5.97 Å². The number of carbonyl (C=O) groups excluding carboxylic acids is 1. The average Bonchev–Trinajstić information content (AvgIpc) is 2.57. The van der Waals surface area contributed by atoms with Crippen molar-refractivity contribution >= 4 is 28.6 Å². The van der Waals surface area contributed by atoms with Crippen molar-refractivity contribution in [3.8, 4) is 0 Å². The fourth-order valence-electron chi connectivity index (χ4n) is 3.48. The fourth-order valence-corrected chi connectivity index (χ4v) is 4.91. The second-order valence-corrected chi connectivity index (χ2v) is 6.10. The van der Waals surface area contributed by atoms with Crippen LogP contribution >= 0.6 is 22.6 Å². The number of aliphatic hydroxyl groups excluding tert-OH is 1. The number of rotatable bonds is 0. The highest BCUT2D eigenvalue weighted by molar-refractivity contribution is 14.1. The molecule has 1 N–H and O–H groups in total. The van der Waals surface area contributed by atoms with Crippen LogP contribution in [0.5, 0.6) is 0 Å². The summed E-state index contributed by atoms with van der Waals surface area (Å²) in [5, 5.41) is 10.0. The molecule has 4 rings (SSSR count). The van der Waals surface area contributed by atoms with Crippen molar-refractivity contribution in [2.75, 3.05) is 6.61 Å². The summed E-state index contributed by atoms with van der Waals surface area (Å²) in [6, 6.07) is 0. The second-order valence-electron chi connectivity index (χ2n) is 4.66. The largest absolute Gasteiger partial charge is 0.465 e. The first-order valence-electron chi connectivity index (χ1n) is 5.19.